The molecule has 0 spiro atoms. The fourth-order valence-electron chi connectivity index (χ4n) is 2.49. The van der Waals surface area contributed by atoms with Crippen LogP contribution in [0.4, 0.5) is 5.82 Å². The van der Waals surface area contributed by atoms with Crippen molar-refractivity contribution in [1.82, 2.24) is 9.55 Å². The predicted molar refractivity (Wildman–Crippen MR) is 78.4 cm³/mol. The van der Waals surface area contributed by atoms with E-state index < -0.39 is 0 Å². The highest BCUT2D eigenvalue weighted by Gasteiger charge is 2.34. The van der Waals surface area contributed by atoms with Crippen LogP contribution in [0.5, 0.6) is 0 Å². The first-order valence-electron chi connectivity index (χ1n) is 6.48. The molecule has 0 aromatic carbocycles. The lowest BCUT2D eigenvalue weighted by atomic mass is 10.2. The average molecular weight is 377 g/mol. The molecule has 1 fully saturated rings. The van der Waals surface area contributed by atoms with Crippen molar-refractivity contribution in [3.05, 3.63) is 22.2 Å². The zero-order chi connectivity index (χ0) is 13.4. The van der Waals surface area contributed by atoms with Gasteiger partial charge in [-0.25, -0.2) is 10.3 Å². The van der Waals surface area contributed by atoms with Crippen molar-refractivity contribution in [2.75, 3.05) is 12.1 Å². The molecule has 2 aliphatic rings. The second-order valence-corrected chi connectivity index (χ2v) is 6.39. The zero-order valence-corrected chi connectivity index (χ0v) is 12.8. The summed E-state index contributed by atoms with van der Waals surface area (Å²) in [7, 11) is 0. The van der Waals surface area contributed by atoms with Gasteiger partial charge in [-0.2, -0.15) is 4.98 Å². The predicted octanol–water partition coefficient (Wildman–Crippen LogP) is 1.64. The molecular weight excluding hydrogens is 361 g/mol. The molecule has 3 atom stereocenters. The first-order valence-corrected chi connectivity index (χ1v) is 7.73. The fourth-order valence-corrected chi connectivity index (χ4v) is 3.60. The average Bonchev–Trinajstić information content (AvgIpc) is 2.79. The Morgan fingerprint density at radius 3 is 3.21 bits per heavy atom. The van der Waals surface area contributed by atoms with Crippen LogP contribution in [-0.4, -0.2) is 26.2 Å². The molecule has 1 N–H and O–H groups in total. The molecule has 19 heavy (non-hydrogen) atoms. The first kappa shape index (κ1) is 13.3. The third kappa shape index (κ3) is 2.50. The van der Waals surface area contributed by atoms with Crippen molar-refractivity contribution >= 4 is 28.4 Å². The van der Waals surface area contributed by atoms with Gasteiger partial charge in [-0.1, -0.05) is 29.5 Å². The summed E-state index contributed by atoms with van der Waals surface area (Å²) >= 11 is 2.40. The maximum Gasteiger partial charge on any atom is 0.351 e. The van der Waals surface area contributed by atoms with E-state index in [0.29, 0.717) is 16.3 Å². The smallest absolute Gasteiger partial charge is 0.351 e. The lowest BCUT2D eigenvalue weighted by Gasteiger charge is -2.20. The van der Waals surface area contributed by atoms with Crippen molar-refractivity contribution in [2.24, 2.45) is 0 Å². The van der Waals surface area contributed by atoms with E-state index in [9.17, 15) is 4.79 Å². The van der Waals surface area contributed by atoms with E-state index in [2.05, 4.69) is 40.0 Å². The summed E-state index contributed by atoms with van der Waals surface area (Å²) in [6.07, 6.45) is 4.45. The number of halogens is 1. The van der Waals surface area contributed by atoms with E-state index in [1.165, 1.54) is 0 Å². The van der Waals surface area contributed by atoms with Crippen LogP contribution in [0.2, 0.25) is 0 Å². The Labute approximate surface area is 124 Å². The van der Waals surface area contributed by atoms with E-state index in [4.69, 9.17) is 9.57 Å². The third-order valence-corrected chi connectivity index (χ3v) is 4.86. The van der Waals surface area contributed by atoms with Gasteiger partial charge in [0, 0.05) is 28.5 Å². The van der Waals surface area contributed by atoms with Crippen LogP contribution in [-0.2, 0) is 16.0 Å². The maximum atomic E-state index is 12.1. The normalized spacial score (nSPS) is 29.9. The highest BCUT2D eigenvalue weighted by Crippen LogP contribution is 2.34. The van der Waals surface area contributed by atoms with Gasteiger partial charge >= 0.3 is 5.69 Å². The Kier molecular flexibility index (Phi) is 3.77. The number of hydrogen-bond acceptors (Lipinski definition) is 5. The van der Waals surface area contributed by atoms with Gasteiger partial charge in [-0.3, -0.25) is 9.40 Å². The van der Waals surface area contributed by atoms with Gasteiger partial charge in [0.2, 0.25) is 0 Å². The molecular formula is C12H16IN3O3. The summed E-state index contributed by atoms with van der Waals surface area (Å²) in [4.78, 5) is 21.2. The summed E-state index contributed by atoms with van der Waals surface area (Å²) in [5, 5.41) is 0. The van der Waals surface area contributed by atoms with Crippen LogP contribution in [0, 0.1) is 0 Å². The van der Waals surface area contributed by atoms with E-state index in [1.54, 1.807) is 4.57 Å². The van der Waals surface area contributed by atoms with Gasteiger partial charge in [-0.05, 0) is 6.42 Å². The molecule has 3 rings (SSSR count). The molecule has 2 aliphatic heterocycles. The minimum Gasteiger partial charge on any atom is -0.354 e. The monoisotopic (exact) mass is 377 g/mol. The summed E-state index contributed by atoms with van der Waals surface area (Å²) < 4.78 is 8.00. The van der Waals surface area contributed by atoms with Crippen LogP contribution >= 0.6 is 22.6 Å². The molecule has 0 saturated carbocycles. The first-order chi connectivity index (χ1) is 9.19. The molecule has 0 unspecified atom stereocenters. The van der Waals surface area contributed by atoms with Crippen molar-refractivity contribution in [3.63, 3.8) is 0 Å². The second kappa shape index (κ2) is 5.37. The largest absolute Gasteiger partial charge is 0.354 e. The highest BCUT2D eigenvalue weighted by atomic mass is 127. The Bertz CT molecular complexity index is 533. The standard InChI is InChI=1S/C12H16IN3O3/c1-2-9-8(13)5-10(19-9)16-6-7-3-4-18-15-11(7)14-12(16)17/h6,8-10H,2-5H2,1H3,(H,14,15,17)/t8-,9-,10-/m1/s1. The van der Waals surface area contributed by atoms with Gasteiger partial charge in [0.1, 0.15) is 6.23 Å². The van der Waals surface area contributed by atoms with E-state index in [1.807, 2.05) is 6.20 Å². The molecule has 0 aliphatic carbocycles. The van der Waals surface area contributed by atoms with Crippen LogP contribution in [0.15, 0.2) is 11.0 Å². The molecule has 6 nitrogen and oxygen atoms in total. The molecule has 7 heteroatoms. The van der Waals surface area contributed by atoms with Crippen LogP contribution in [0.3, 0.4) is 0 Å². The van der Waals surface area contributed by atoms with Gasteiger partial charge < -0.3 is 4.74 Å². The van der Waals surface area contributed by atoms with Crippen molar-refractivity contribution in [1.29, 1.82) is 0 Å². The van der Waals surface area contributed by atoms with Crippen LogP contribution in [0.25, 0.3) is 0 Å². The topological polar surface area (TPSA) is 65.4 Å². The van der Waals surface area contributed by atoms with Crippen molar-refractivity contribution < 1.29 is 9.57 Å². The molecule has 1 aromatic heterocycles. The second-order valence-electron chi connectivity index (χ2n) is 4.79. The van der Waals surface area contributed by atoms with E-state index >= 15 is 0 Å². The minimum absolute atomic E-state index is 0.194. The minimum atomic E-state index is -0.290. The highest BCUT2D eigenvalue weighted by molar-refractivity contribution is 14.1. The lowest BCUT2D eigenvalue weighted by molar-refractivity contribution is -0.00103. The molecule has 0 bridgehead atoms. The number of fused-ring (bicyclic) bond motifs is 1. The van der Waals surface area contributed by atoms with Crippen LogP contribution in [0.1, 0.15) is 31.6 Å². The number of ether oxygens (including phenoxy) is 1. The Balaban J connectivity index is 1.91. The van der Waals surface area contributed by atoms with Crippen molar-refractivity contribution in [2.45, 2.75) is 42.4 Å². The van der Waals surface area contributed by atoms with Gasteiger partial charge in [0.15, 0.2) is 5.82 Å². The summed E-state index contributed by atoms with van der Waals surface area (Å²) in [5.41, 5.74) is 3.39. The number of aromatic nitrogens is 2. The molecule has 1 aromatic rings. The lowest BCUT2D eigenvalue weighted by Crippen LogP contribution is -2.30. The summed E-state index contributed by atoms with van der Waals surface area (Å²) in [6, 6.07) is 0. The zero-order valence-electron chi connectivity index (χ0n) is 10.6. The van der Waals surface area contributed by atoms with Gasteiger partial charge in [0.25, 0.3) is 0 Å². The van der Waals surface area contributed by atoms with Crippen molar-refractivity contribution in [3.8, 4) is 0 Å². The number of rotatable bonds is 2. The Morgan fingerprint density at radius 2 is 2.47 bits per heavy atom. The molecule has 104 valence electrons. The number of anilines is 1. The number of alkyl halides is 1. The Hall–Kier alpha value is -0.670. The summed E-state index contributed by atoms with van der Waals surface area (Å²) in [5.74, 6) is 0.531. The molecule has 0 amide bonds. The number of nitrogens with one attached hydrogen (secondary N) is 1. The third-order valence-electron chi connectivity index (χ3n) is 3.54. The van der Waals surface area contributed by atoms with Gasteiger partial charge in [-0.15, -0.1) is 0 Å². The number of nitrogens with zero attached hydrogens (tertiary/aromatic N) is 2. The molecule has 1 saturated heterocycles. The fraction of sp³-hybridized carbons (Fsp3) is 0.667. The summed E-state index contributed by atoms with van der Waals surface area (Å²) in [6.45, 7) is 2.69. The SMILES string of the molecule is CC[C@H]1O[C@@H](n2cc3c(nc2=O)NOCC3)C[C@H]1I. The van der Waals surface area contributed by atoms with E-state index in [-0.39, 0.29) is 18.0 Å². The quantitative estimate of drug-likeness (QED) is 0.627. The number of hydrogen-bond donors (Lipinski definition) is 1. The van der Waals surface area contributed by atoms with Gasteiger partial charge in [0.05, 0.1) is 12.7 Å². The molecule has 3 heterocycles. The molecule has 0 radical (unpaired) electrons. The van der Waals surface area contributed by atoms with Crippen LogP contribution < -0.4 is 11.2 Å². The van der Waals surface area contributed by atoms with E-state index in [0.717, 1.165) is 24.8 Å². The maximum absolute atomic E-state index is 12.1. The Morgan fingerprint density at radius 1 is 1.63 bits per heavy atom.